The van der Waals surface area contributed by atoms with E-state index >= 15 is 0 Å². The third-order valence-corrected chi connectivity index (χ3v) is 5.78. The summed E-state index contributed by atoms with van der Waals surface area (Å²) in [6.07, 6.45) is 0. The molecule has 0 unspecified atom stereocenters. The van der Waals surface area contributed by atoms with Crippen LogP contribution >= 0.6 is 0 Å². The van der Waals surface area contributed by atoms with E-state index in [0.29, 0.717) is 0 Å². The molecule has 1 aromatic rings. The number of sulfonamides is 1. The summed E-state index contributed by atoms with van der Waals surface area (Å²) in [6.45, 7) is 1.24. The van der Waals surface area contributed by atoms with E-state index in [2.05, 4.69) is 4.72 Å². The molecular formula is C11H15N3O4S2. The highest BCUT2D eigenvalue weighted by Crippen LogP contribution is 2.17. The van der Waals surface area contributed by atoms with Crippen molar-refractivity contribution in [3.63, 3.8) is 0 Å². The average molecular weight is 317 g/mol. The van der Waals surface area contributed by atoms with Crippen molar-refractivity contribution in [3.05, 3.63) is 23.8 Å². The molecule has 0 heterocycles. The Hall–Kier alpha value is -1.63. The van der Waals surface area contributed by atoms with Gasteiger partial charge >= 0.3 is 0 Å². The van der Waals surface area contributed by atoms with Crippen molar-refractivity contribution < 1.29 is 16.8 Å². The lowest BCUT2D eigenvalue weighted by molar-refractivity contribution is 0.581. The summed E-state index contributed by atoms with van der Waals surface area (Å²) in [4.78, 5) is -0.219. The van der Waals surface area contributed by atoms with Crippen LogP contribution in [-0.4, -0.2) is 34.9 Å². The monoisotopic (exact) mass is 317 g/mol. The van der Waals surface area contributed by atoms with Gasteiger partial charge in [0.25, 0.3) is 0 Å². The number of nitrogens with zero attached hydrogens (tertiary/aromatic N) is 1. The molecule has 0 aliphatic heterocycles. The summed E-state index contributed by atoms with van der Waals surface area (Å²) in [7, 11) is -7.20. The predicted octanol–water partition coefficient (Wildman–Crippen LogP) is -0.147. The minimum absolute atomic E-state index is 0.0555. The van der Waals surface area contributed by atoms with Gasteiger partial charge in [-0.2, -0.15) is 5.26 Å². The maximum Gasteiger partial charge on any atom is 0.241 e. The second-order valence-electron chi connectivity index (χ2n) is 4.00. The second-order valence-corrected chi connectivity index (χ2v) is 8.21. The number of rotatable bonds is 6. The summed E-state index contributed by atoms with van der Waals surface area (Å²) in [6, 6.07) is 5.56. The molecule has 0 atom stereocenters. The number of nitriles is 1. The molecule has 0 aliphatic rings. The Morgan fingerprint density at radius 1 is 1.30 bits per heavy atom. The number of nitrogen functional groups attached to an aromatic ring is 1. The fraction of sp³-hybridized carbons (Fsp3) is 0.364. The molecule has 0 saturated carbocycles. The Labute approximate surface area is 118 Å². The fourth-order valence-corrected chi connectivity index (χ4v) is 3.42. The smallest absolute Gasteiger partial charge is 0.241 e. The van der Waals surface area contributed by atoms with Gasteiger partial charge in [-0.1, -0.05) is 6.92 Å². The van der Waals surface area contributed by atoms with Gasteiger partial charge in [0.1, 0.15) is 6.07 Å². The van der Waals surface area contributed by atoms with Gasteiger partial charge in [0, 0.05) is 18.0 Å². The van der Waals surface area contributed by atoms with E-state index in [-0.39, 0.29) is 34.2 Å². The van der Waals surface area contributed by atoms with E-state index in [0.717, 1.165) is 0 Å². The quantitative estimate of drug-likeness (QED) is 0.702. The fourth-order valence-electron chi connectivity index (χ4n) is 1.42. The first-order valence-corrected chi connectivity index (χ1v) is 9.02. The molecule has 3 N–H and O–H groups in total. The molecule has 20 heavy (non-hydrogen) atoms. The number of nitrogens with one attached hydrogen (secondary N) is 1. The molecule has 0 radical (unpaired) electrons. The minimum Gasteiger partial charge on any atom is -0.399 e. The topological polar surface area (TPSA) is 130 Å². The van der Waals surface area contributed by atoms with Gasteiger partial charge in [-0.3, -0.25) is 0 Å². The van der Waals surface area contributed by atoms with Crippen LogP contribution in [0.3, 0.4) is 0 Å². The lowest BCUT2D eigenvalue weighted by Gasteiger charge is -2.08. The number of hydrogen-bond acceptors (Lipinski definition) is 6. The molecule has 9 heteroatoms. The molecule has 0 fully saturated rings. The molecule has 0 amide bonds. The standard InChI is InChI=1S/C11H15N3O4S2/c1-2-19(15,16)6-5-14-20(17,18)11-4-3-10(13)7-9(11)8-12/h3-4,7,14H,2,5-6,13H2,1H3. The highest BCUT2D eigenvalue weighted by Gasteiger charge is 2.19. The van der Waals surface area contributed by atoms with Crippen LogP contribution < -0.4 is 10.5 Å². The number of hydrogen-bond donors (Lipinski definition) is 2. The first-order chi connectivity index (χ1) is 9.22. The van der Waals surface area contributed by atoms with Crippen LogP contribution in [0.25, 0.3) is 0 Å². The summed E-state index contributed by atoms with van der Waals surface area (Å²) >= 11 is 0. The largest absolute Gasteiger partial charge is 0.399 e. The molecule has 0 saturated heterocycles. The molecule has 110 valence electrons. The van der Waals surface area contributed by atoms with Gasteiger partial charge in [0.15, 0.2) is 9.84 Å². The summed E-state index contributed by atoms with van der Waals surface area (Å²) < 4.78 is 48.7. The SMILES string of the molecule is CCS(=O)(=O)CCNS(=O)(=O)c1ccc(N)cc1C#N. The van der Waals surface area contributed by atoms with Crippen molar-refractivity contribution in [3.8, 4) is 6.07 Å². The maximum atomic E-state index is 12.0. The first-order valence-electron chi connectivity index (χ1n) is 5.71. The molecule has 0 spiro atoms. The lowest BCUT2D eigenvalue weighted by atomic mass is 10.2. The Morgan fingerprint density at radius 2 is 1.95 bits per heavy atom. The van der Waals surface area contributed by atoms with Crippen LogP contribution in [0.2, 0.25) is 0 Å². The second kappa shape index (κ2) is 6.21. The van der Waals surface area contributed by atoms with Crippen LogP contribution in [-0.2, 0) is 19.9 Å². The molecule has 0 aliphatic carbocycles. The number of nitrogens with two attached hydrogens (primary N) is 1. The maximum absolute atomic E-state index is 12.0. The number of benzene rings is 1. The highest BCUT2D eigenvalue weighted by molar-refractivity contribution is 7.91. The zero-order valence-corrected chi connectivity index (χ0v) is 12.5. The highest BCUT2D eigenvalue weighted by atomic mass is 32.2. The average Bonchev–Trinajstić information content (AvgIpc) is 2.37. The van der Waals surface area contributed by atoms with Crippen molar-refractivity contribution >= 4 is 25.5 Å². The molecule has 1 aromatic carbocycles. The summed E-state index contributed by atoms with van der Waals surface area (Å²) in [5.41, 5.74) is 5.66. The molecule has 0 bridgehead atoms. The third kappa shape index (κ3) is 4.19. The van der Waals surface area contributed by atoms with E-state index in [9.17, 15) is 16.8 Å². The van der Waals surface area contributed by atoms with Gasteiger partial charge in [-0.05, 0) is 18.2 Å². The van der Waals surface area contributed by atoms with Crippen molar-refractivity contribution in [2.24, 2.45) is 0 Å². The van der Waals surface area contributed by atoms with Crippen molar-refractivity contribution in [1.82, 2.24) is 4.72 Å². The van der Waals surface area contributed by atoms with E-state index in [1.807, 2.05) is 0 Å². The summed E-state index contributed by atoms with van der Waals surface area (Å²) in [5.74, 6) is -0.348. The van der Waals surface area contributed by atoms with E-state index in [1.165, 1.54) is 25.1 Å². The van der Waals surface area contributed by atoms with Gasteiger partial charge in [-0.25, -0.2) is 21.6 Å². The van der Waals surface area contributed by atoms with E-state index in [4.69, 9.17) is 11.0 Å². The lowest BCUT2D eigenvalue weighted by Crippen LogP contribution is -2.30. The van der Waals surface area contributed by atoms with Gasteiger partial charge < -0.3 is 5.73 Å². The van der Waals surface area contributed by atoms with Crippen LogP contribution in [0.5, 0.6) is 0 Å². The van der Waals surface area contributed by atoms with Crippen LogP contribution in [0.4, 0.5) is 5.69 Å². The zero-order chi connectivity index (χ0) is 15.4. The van der Waals surface area contributed by atoms with Crippen molar-refractivity contribution in [2.75, 3.05) is 23.8 Å². The van der Waals surface area contributed by atoms with Crippen LogP contribution in [0.15, 0.2) is 23.1 Å². The van der Waals surface area contributed by atoms with Gasteiger partial charge in [-0.15, -0.1) is 0 Å². The number of anilines is 1. The molecule has 7 nitrogen and oxygen atoms in total. The molecule has 1 rings (SSSR count). The van der Waals surface area contributed by atoms with E-state index < -0.39 is 19.9 Å². The Morgan fingerprint density at radius 3 is 2.50 bits per heavy atom. The van der Waals surface area contributed by atoms with Crippen LogP contribution in [0.1, 0.15) is 12.5 Å². The number of sulfone groups is 1. The van der Waals surface area contributed by atoms with Crippen molar-refractivity contribution in [2.45, 2.75) is 11.8 Å². The van der Waals surface area contributed by atoms with E-state index in [1.54, 1.807) is 6.07 Å². The summed E-state index contributed by atoms with van der Waals surface area (Å²) in [5, 5.41) is 8.91. The van der Waals surface area contributed by atoms with Gasteiger partial charge in [0.05, 0.1) is 16.2 Å². The predicted molar refractivity (Wildman–Crippen MR) is 75.1 cm³/mol. The first kappa shape index (κ1) is 16.4. The zero-order valence-electron chi connectivity index (χ0n) is 10.8. The van der Waals surface area contributed by atoms with Gasteiger partial charge in [0.2, 0.25) is 10.0 Å². The third-order valence-electron chi connectivity index (χ3n) is 2.56. The minimum atomic E-state index is -3.94. The Bertz CT molecular complexity index is 733. The van der Waals surface area contributed by atoms with Crippen LogP contribution in [0, 0.1) is 11.3 Å². The normalized spacial score (nSPS) is 12.0. The van der Waals surface area contributed by atoms with Crippen molar-refractivity contribution in [1.29, 1.82) is 5.26 Å². The molecule has 0 aromatic heterocycles. The Balaban J connectivity index is 2.94. The Kier molecular flexibility index (Phi) is 5.10. The molecular weight excluding hydrogens is 302 g/mol.